The van der Waals surface area contributed by atoms with E-state index in [4.69, 9.17) is 32.9 Å². The minimum Gasteiger partial charge on any atom is -0.465 e. The van der Waals surface area contributed by atoms with Crippen LogP contribution in [-0.4, -0.2) is 97.9 Å². The third-order valence-corrected chi connectivity index (χ3v) is 9.22. The number of carbonyl (C=O) groups is 3. The molecule has 0 unspecified atom stereocenters. The zero-order valence-corrected chi connectivity index (χ0v) is 28.0. The van der Waals surface area contributed by atoms with Gasteiger partial charge in [-0.2, -0.15) is 13.8 Å². The third kappa shape index (κ3) is 7.34. The molecular formula is C31H38Cl2F2N6O6. The van der Waals surface area contributed by atoms with E-state index in [-0.39, 0.29) is 69.0 Å². The molecular weight excluding hydrogens is 661 g/mol. The van der Waals surface area contributed by atoms with E-state index in [2.05, 4.69) is 4.98 Å². The van der Waals surface area contributed by atoms with E-state index in [1.807, 2.05) is 0 Å². The Bertz CT molecular complexity index is 1540. The second-order valence-electron chi connectivity index (χ2n) is 13.1. The van der Waals surface area contributed by atoms with E-state index < -0.39 is 48.1 Å². The number of rotatable bonds is 6. The first-order chi connectivity index (χ1) is 22.0. The average molecular weight is 700 g/mol. The van der Waals surface area contributed by atoms with Crippen molar-refractivity contribution in [1.29, 1.82) is 0 Å². The number of hydrogen-bond acceptors (Lipinski definition) is 8. The molecule has 1 aromatic carbocycles. The summed E-state index contributed by atoms with van der Waals surface area (Å²) in [4.78, 5) is 53.0. The van der Waals surface area contributed by atoms with Gasteiger partial charge in [0.1, 0.15) is 17.0 Å². The van der Waals surface area contributed by atoms with Gasteiger partial charge < -0.3 is 29.6 Å². The second-order valence-corrected chi connectivity index (χ2v) is 14.0. The van der Waals surface area contributed by atoms with Gasteiger partial charge in [0.25, 0.3) is 5.91 Å². The molecule has 3 aliphatic heterocycles. The molecule has 4 heterocycles. The van der Waals surface area contributed by atoms with E-state index in [1.165, 1.54) is 15.9 Å². The summed E-state index contributed by atoms with van der Waals surface area (Å²) in [6.45, 7) is 5.26. The number of nitrogens with zero attached hydrogens (tertiary/aromatic N) is 6. The molecule has 16 heteroatoms. The lowest BCUT2D eigenvalue weighted by molar-refractivity contribution is -0.206. The Hall–Kier alpha value is -3.49. The molecule has 0 saturated carbocycles. The van der Waals surface area contributed by atoms with Crippen molar-refractivity contribution in [1.82, 2.24) is 19.8 Å². The zero-order chi connectivity index (χ0) is 34.3. The van der Waals surface area contributed by atoms with Crippen LogP contribution in [0.4, 0.5) is 30.1 Å². The van der Waals surface area contributed by atoms with Crippen LogP contribution in [0.15, 0.2) is 18.2 Å². The highest BCUT2D eigenvalue weighted by molar-refractivity contribution is 6.35. The number of alkyl halides is 2. The maximum Gasteiger partial charge on any atom is 0.416 e. The van der Waals surface area contributed by atoms with E-state index in [0.29, 0.717) is 34.7 Å². The van der Waals surface area contributed by atoms with Gasteiger partial charge in [-0.1, -0.05) is 29.3 Å². The predicted octanol–water partition coefficient (Wildman–Crippen LogP) is 5.35. The second kappa shape index (κ2) is 13.2. The smallest absolute Gasteiger partial charge is 0.416 e. The number of likely N-dealkylation sites (tertiary alicyclic amines) is 1. The Morgan fingerprint density at radius 3 is 2.28 bits per heavy atom. The number of carbonyl (C=O) groups excluding carboxylic acids is 2. The molecule has 0 spiro atoms. The molecule has 2 saturated heterocycles. The van der Waals surface area contributed by atoms with Crippen molar-refractivity contribution in [2.75, 3.05) is 42.5 Å². The summed E-state index contributed by atoms with van der Waals surface area (Å²) in [5, 5.41) is 21.5. The summed E-state index contributed by atoms with van der Waals surface area (Å²) >= 11 is 12.6. The Morgan fingerprint density at radius 2 is 1.68 bits per heavy atom. The number of benzene rings is 1. The van der Waals surface area contributed by atoms with E-state index in [1.54, 1.807) is 37.8 Å². The molecule has 12 nitrogen and oxygen atoms in total. The van der Waals surface area contributed by atoms with Crippen molar-refractivity contribution in [3.63, 3.8) is 0 Å². The highest BCUT2D eigenvalue weighted by Gasteiger charge is 2.60. The molecule has 5 rings (SSSR count). The van der Waals surface area contributed by atoms with Crippen LogP contribution in [0.25, 0.3) is 0 Å². The largest absolute Gasteiger partial charge is 0.465 e. The van der Waals surface area contributed by atoms with Crippen molar-refractivity contribution >= 4 is 53.1 Å². The van der Waals surface area contributed by atoms with Crippen molar-refractivity contribution in [3.05, 3.63) is 45.1 Å². The number of anilines is 2. The van der Waals surface area contributed by atoms with Gasteiger partial charge in [-0.3, -0.25) is 9.69 Å². The first-order valence-corrected chi connectivity index (χ1v) is 16.2. The first-order valence-electron chi connectivity index (χ1n) is 15.5. The number of aliphatic hydroxyl groups is 1. The van der Waals surface area contributed by atoms with Crippen molar-refractivity contribution in [3.8, 4) is 0 Å². The van der Waals surface area contributed by atoms with E-state index >= 15 is 8.78 Å². The number of fused-ring (bicyclic) bond motifs is 1. The summed E-state index contributed by atoms with van der Waals surface area (Å²) in [5.41, 5.74) is -2.09. The molecule has 47 heavy (non-hydrogen) atoms. The van der Waals surface area contributed by atoms with Crippen LogP contribution < -0.4 is 9.80 Å². The number of amides is 3. The van der Waals surface area contributed by atoms with Gasteiger partial charge in [0.05, 0.1) is 18.8 Å². The van der Waals surface area contributed by atoms with Gasteiger partial charge in [0.15, 0.2) is 0 Å². The maximum absolute atomic E-state index is 15.4. The minimum atomic E-state index is -3.98. The van der Waals surface area contributed by atoms with Crippen LogP contribution in [0.3, 0.4) is 0 Å². The first kappa shape index (κ1) is 34.8. The summed E-state index contributed by atoms with van der Waals surface area (Å²) in [6, 6.07) is 4.79. The fraction of sp³-hybridized carbons (Fsp3) is 0.581. The Morgan fingerprint density at radius 1 is 1.02 bits per heavy atom. The number of piperidine rings is 1. The third-order valence-electron chi connectivity index (χ3n) is 8.63. The van der Waals surface area contributed by atoms with Crippen molar-refractivity contribution in [2.24, 2.45) is 0 Å². The predicted molar refractivity (Wildman–Crippen MR) is 170 cm³/mol. The Kier molecular flexibility index (Phi) is 9.78. The van der Waals surface area contributed by atoms with Crippen molar-refractivity contribution in [2.45, 2.75) is 83.1 Å². The molecule has 3 aliphatic rings. The van der Waals surface area contributed by atoms with Gasteiger partial charge >= 0.3 is 18.1 Å². The highest BCUT2D eigenvalue weighted by atomic mass is 35.5. The maximum atomic E-state index is 15.4. The Labute approximate surface area is 281 Å². The molecule has 2 fully saturated rings. The van der Waals surface area contributed by atoms with Crippen molar-refractivity contribution < 1.29 is 38.1 Å². The minimum absolute atomic E-state index is 0.0755. The van der Waals surface area contributed by atoms with Crippen LogP contribution in [0, 0.1) is 0 Å². The Balaban J connectivity index is 1.51. The molecule has 2 N–H and O–H groups in total. The van der Waals surface area contributed by atoms with Crippen LogP contribution in [0.5, 0.6) is 0 Å². The monoisotopic (exact) mass is 698 g/mol. The molecule has 256 valence electrons. The molecule has 0 bridgehead atoms. The fourth-order valence-electron chi connectivity index (χ4n) is 5.98. The lowest BCUT2D eigenvalue weighted by Crippen LogP contribution is -2.61. The normalized spacial score (nSPS) is 18.2. The zero-order valence-electron chi connectivity index (χ0n) is 26.4. The molecule has 0 atom stereocenters. The molecule has 2 aromatic rings. The number of halogens is 4. The van der Waals surface area contributed by atoms with Gasteiger partial charge in [-0.05, 0) is 51.3 Å². The lowest BCUT2D eigenvalue weighted by atomic mass is 9.84. The molecule has 0 aliphatic carbocycles. The number of carboxylic acid groups (broad SMARTS) is 1. The van der Waals surface area contributed by atoms with Crippen LogP contribution >= 0.6 is 23.2 Å². The topological polar surface area (TPSA) is 140 Å². The van der Waals surface area contributed by atoms with Crippen LogP contribution in [0.1, 0.15) is 63.3 Å². The number of ether oxygens (including phenoxy) is 1. The SMILES string of the molecule is CC(C)(C)OC(=O)N(Cc1ccc(Cl)cc1Cl)c1nc(N2CCC(O)(C(F)(F)C(=O)N3CCCC3)CC2)nc2c1CN(C(=O)O)CC2. The van der Waals surface area contributed by atoms with E-state index in [0.717, 1.165) is 4.90 Å². The lowest BCUT2D eigenvalue weighted by Gasteiger charge is -2.43. The summed E-state index contributed by atoms with van der Waals surface area (Å²) < 4.78 is 36.6. The average Bonchev–Trinajstić information content (AvgIpc) is 3.54. The van der Waals surface area contributed by atoms with Gasteiger partial charge in [-0.25, -0.2) is 14.6 Å². The molecule has 1 aromatic heterocycles. The number of aromatic nitrogens is 2. The van der Waals surface area contributed by atoms with Gasteiger partial charge in [0, 0.05) is 67.6 Å². The summed E-state index contributed by atoms with van der Waals surface area (Å²) in [7, 11) is 0. The fourth-order valence-corrected chi connectivity index (χ4v) is 6.45. The number of hydrogen-bond donors (Lipinski definition) is 2. The van der Waals surface area contributed by atoms with Gasteiger partial charge in [-0.15, -0.1) is 0 Å². The van der Waals surface area contributed by atoms with E-state index in [9.17, 15) is 24.6 Å². The van der Waals surface area contributed by atoms with Crippen LogP contribution in [0.2, 0.25) is 10.0 Å². The summed E-state index contributed by atoms with van der Waals surface area (Å²) in [5.74, 6) is -5.16. The molecule has 0 radical (unpaired) electrons. The standard InChI is InChI=1S/C31H38Cl2F2N6O6/c1-29(2,3)47-28(45)41(17-19-6-7-20(32)16-22(19)33)24-21-18-40(27(43)44)13-8-23(21)36-26(37-24)39-14-9-30(46,10-15-39)31(34,35)25(42)38-11-4-5-12-38/h6-7,16,46H,4-5,8-15,17-18H2,1-3H3,(H,43,44). The van der Waals surface area contributed by atoms with Crippen LogP contribution in [-0.2, 0) is 29.0 Å². The summed E-state index contributed by atoms with van der Waals surface area (Å²) in [6.07, 6.45) is -1.32. The van der Waals surface area contributed by atoms with Gasteiger partial charge in [0.2, 0.25) is 5.95 Å². The quantitative estimate of drug-likeness (QED) is 0.409. The highest BCUT2D eigenvalue weighted by Crippen LogP contribution is 2.41. The molecule has 3 amide bonds.